The molecule has 0 saturated carbocycles. The van der Waals surface area contributed by atoms with Crippen LogP contribution >= 0.6 is 11.6 Å². The van der Waals surface area contributed by atoms with Crippen LogP contribution in [0.1, 0.15) is 18.5 Å². The number of fused-ring (bicyclic) bond motifs is 2. The van der Waals surface area contributed by atoms with E-state index in [0.29, 0.717) is 31.1 Å². The number of hydrogen-bond donors (Lipinski definition) is 2. The normalized spacial score (nSPS) is 16.1. The number of likely N-dealkylation sites (tertiary alicyclic amines) is 1. The number of hydrogen-bond acceptors (Lipinski definition) is 5. The maximum atomic E-state index is 12.7. The van der Waals surface area contributed by atoms with E-state index >= 15 is 0 Å². The Labute approximate surface area is 200 Å². The Morgan fingerprint density at radius 2 is 2.21 bits per heavy atom. The lowest BCUT2D eigenvalue weighted by Crippen LogP contribution is -2.45. The number of amides is 2. The molecule has 2 N–H and O–H groups in total. The highest BCUT2D eigenvalue weighted by Crippen LogP contribution is 2.36. The molecular weight excluding hydrogens is 454 g/mol. The molecule has 0 bridgehead atoms. The molecule has 5 rings (SSSR count). The minimum atomic E-state index is -0.198. The molecule has 0 spiro atoms. The van der Waals surface area contributed by atoms with Crippen molar-refractivity contribution in [1.29, 1.82) is 0 Å². The monoisotopic (exact) mass is 477 g/mol. The largest absolute Gasteiger partial charge is 0.355 e. The first-order valence-electron chi connectivity index (χ1n) is 11.2. The van der Waals surface area contributed by atoms with Crippen LogP contribution in [-0.4, -0.2) is 61.1 Å². The predicted octanol–water partition coefficient (Wildman–Crippen LogP) is 3.01. The number of halogens is 1. The number of aromatic nitrogens is 5. The second kappa shape index (κ2) is 9.26. The fraction of sp³-hybridized carbons (Fsp3) is 0.292. The fourth-order valence-electron chi connectivity index (χ4n) is 4.52. The average molecular weight is 478 g/mol. The van der Waals surface area contributed by atoms with E-state index in [1.807, 2.05) is 18.2 Å². The van der Waals surface area contributed by atoms with Crippen molar-refractivity contribution in [2.24, 2.45) is 5.92 Å². The number of carbonyl (C=O) groups excluding carboxylic acids is 2. The van der Waals surface area contributed by atoms with Gasteiger partial charge in [-0.1, -0.05) is 18.2 Å². The molecule has 5 heterocycles. The van der Waals surface area contributed by atoms with Gasteiger partial charge in [-0.25, -0.2) is 4.98 Å². The van der Waals surface area contributed by atoms with Gasteiger partial charge in [0.15, 0.2) is 0 Å². The number of aromatic amines is 1. The zero-order valence-corrected chi connectivity index (χ0v) is 19.3. The van der Waals surface area contributed by atoms with Gasteiger partial charge >= 0.3 is 0 Å². The fourth-order valence-corrected chi connectivity index (χ4v) is 4.78. The van der Waals surface area contributed by atoms with Gasteiger partial charge in [-0.3, -0.25) is 9.59 Å². The van der Waals surface area contributed by atoms with Crippen molar-refractivity contribution < 1.29 is 9.59 Å². The van der Waals surface area contributed by atoms with E-state index in [0.717, 1.165) is 46.2 Å². The first-order chi connectivity index (χ1) is 16.5. The second-order valence-electron chi connectivity index (χ2n) is 8.36. The van der Waals surface area contributed by atoms with Gasteiger partial charge in [0.25, 0.3) is 0 Å². The van der Waals surface area contributed by atoms with Crippen molar-refractivity contribution in [3.63, 3.8) is 0 Å². The third kappa shape index (κ3) is 4.14. The lowest BCUT2D eigenvalue weighted by Gasteiger charge is -2.31. The van der Waals surface area contributed by atoms with Crippen LogP contribution in [0.25, 0.3) is 27.7 Å². The van der Waals surface area contributed by atoms with Crippen LogP contribution in [0.4, 0.5) is 0 Å². The molecule has 2 amide bonds. The SMILES string of the molecule is C=CC(=O)N1CCC[C@H](C(=O)NCCc2cc3c(-c4cnn5ncccc45)c(Cl)cnc3[nH]2)C1. The first-order valence-corrected chi connectivity index (χ1v) is 11.6. The molecule has 4 aromatic rings. The quantitative estimate of drug-likeness (QED) is 0.415. The summed E-state index contributed by atoms with van der Waals surface area (Å²) in [4.78, 5) is 34.0. The topological polar surface area (TPSA) is 108 Å². The Morgan fingerprint density at radius 3 is 3.06 bits per heavy atom. The zero-order chi connectivity index (χ0) is 23.7. The van der Waals surface area contributed by atoms with Crippen LogP contribution in [0.5, 0.6) is 0 Å². The Bertz CT molecular complexity index is 1390. The molecule has 0 aromatic carbocycles. The molecule has 4 aromatic heterocycles. The molecule has 174 valence electrons. The van der Waals surface area contributed by atoms with Crippen LogP contribution in [0.3, 0.4) is 0 Å². The van der Waals surface area contributed by atoms with Crippen LogP contribution in [0.2, 0.25) is 5.02 Å². The van der Waals surface area contributed by atoms with E-state index in [9.17, 15) is 9.59 Å². The molecule has 1 aliphatic heterocycles. The maximum absolute atomic E-state index is 12.7. The highest BCUT2D eigenvalue weighted by atomic mass is 35.5. The molecule has 0 aliphatic carbocycles. The van der Waals surface area contributed by atoms with E-state index in [1.54, 1.807) is 28.1 Å². The number of nitrogens with one attached hydrogen (secondary N) is 2. The Morgan fingerprint density at radius 1 is 1.32 bits per heavy atom. The summed E-state index contributed by atoms with van der Waals surface area (Å²) in [5, 5.41) is 13.0. The number of nitrogens with zero attached hydrogens (tertiary/aromatic N) is 5. The number of H-pyrrole nitrogens is 1. The van der Waals surface area contributed by atoms with Gasteiger partial charge in [0.05, 0.1) is 22.7 Å². The minimum absolute atomic E-state index is 0.0293. The van der Waals surface area contributed by atoms with Gasteiger partial charge in [-0.2, -0.15) is 14.8 Å². The lowest BCUT2D eigenvalue weighted by molar-refractivity contribution is -0.132. The second-order valence-corrected chi connectivity index (χ2v) is 8.77. The van der Waals surface area contributed by atoms with Crippen molar-refractivity contribution in [2.45, 2.75) is 19.3 Å². The summed E-state index contributed by atoms with van der Waals surface area (Å²) < 4.78 is 1.57. The molecule has 1 fully saturated rings. The van der Waals surface area contributed by atoms with E-state index < -0.39 is 0 Å². The third-order valence-electron chi connectivity index (χ3n) is 6.21. The summed E-state index contributed by atoms with van der Waals surface area (Å²) in [5.41, 5.74) is 4.22. The average Bonchev–Trinajstić information content (AvgIpc) is 3.47. The predicted molar refractivity (Wildman–Crippen MR) is 129 cm³/mol. The van der Waals surface area contributed by atoms with Gasteiger partial charge in [0, 0.05) is 60.7 Å². The van der Waals surface area contributed by atoms with Crippen molar-refractivity contribution in [2.75, 3.05) is 19.6 Å². The van der Waals surface area contributed by atoms with E-state index in [2.05, 4.69) is 32.1 Å². The molecular formula is C24H24ClN7O2. The van der Waals surface area contributed by atoms with Gasteiger partial charge in [-0.15, -0.1) is 0 Å². The summed E-state index contributed by atoms with van der Waals surface area (Å²) >= 11 is 6.56. The van der Waals surface area contributed by atoms with Crippen molar-refractivity contribution in [3.05, 3.63) is 60.2 Å². The van der Waals surface area contributed by atoms with E-state index in [1.165, 1.54) is 6.08 Å². The van der Waals surface area contributed by atoms with Crippen molar-refractivity contribution >= 4 is 40.0 Å². The summed E-state index contributed by atoms with van der Waals surface area (Å²) in [6.45, 7) is 5.11. The van der Waals surface area contributed by atoms with Gasteiger partial charge in [0.2, 0.25) is 11.8 Å². The molecule has 1 saturated heterocycles. The number of piperidine rings is 1. The Balaban J connectivity index is 1.30. The first kappa shape index (κ1) is 22.1. The van der Waals surface area contributed by atoms with Crippen LogP contribution in [0.15, 0.2) is 49.4 Å². The molecule has 34 heavy (non-hydrogen) atoms. The van der Waals surface area contributed by atoms with E-state index in [4.69, 9.17) is 11.6 Å². The number of pyridine rings is 1. The summed E-state index contributed by atoms with van der Waals surface area (Å²) in [6.07, 6.45) is 8.55. The minimum Gasteiger partial charge on any atom is -0.355 e. The molecule has 10 heteroatoms. The zero-order valence-electron chi connectivity index (χ0n) is 18.5. The van der Waals surface area contributed by atoms with Crippen LogP contribution in [0, 0.1) is 5.92 Å². The number of rotatable bonds is 6. The van der Waals surface area contributed by atoms with Gasteiger partial charge < -0.3 is 15.2 Å². The molecule has 0 radical (unpaired) electrons. The van der Waals surface area contributed by atoms with Gasteiger partial charge in [0.1, 0.15) is 5.65 Å². The lowest BCUT2D eigenvalue weighted by atomic mass is 9.97. The summed E-state index contributed by atoms with van der Waals surface area (Å²) in [6, 6.07) is 5.81. The Hall–Kier alpha value is -3.72. The number of carbonyl (C=O) groups is 2. The van der Waals surface area contributed by atoms with Crippen LogP contribution in [-0.2, 0) is 16.0 Å². The Kier molecular flexibility index (Phi) is 6.02. The van der Waals surface area contributed by atoms with Crippen molar-refractivity contribution in [3.8, 4) is 11.1 Å². The standard InChI is InChI=1S/C24H24ClN7O2/c1-2-21(33)31-10-4-5-15(14-31)24(34)26-9-7-16-11-17-22(19(25)13-27-23(17)30-16)18-12-29-32-20(18)6-3-8-28-32/h2-3,6,8,11-13,15H,1,4-5,7,9-10,14H2,(H,26,34)(H,27,30)/t15-/m0/s1. The molecule has 1 aliphatic rings. The smallest absolute Gasteiger partial charge is 0.245 e. The highest BCUT2D eigenvalue weighted by Gasteiger charge is 2.27. The highest BCUT2D eigenvalue weighted by molar-refractivity contribution is 6.35. The van der Waals surface area contributed by atoms with Gasteiger partial charge in [-0.05, 0) is 37.1 Å². The summed E-state index contributed by atoms with van der Waals surface area (Å²) in [5.74, 6) is -0.352. The molecule has 1 atom stereocenters. The maximum Gasteiger partial charge on any atom is 0.245 e. The molecule has 0 unspecified atom stereocenters. The summed E-state index contributed by atoms with van der Waals surface area (Å²) in [7, 11) is 0. The van der Waals surface area contributed by atoms with E-state index in [-0.39, 0.29) is 17.7 Å². The van der Waals surface area contributed by atoms with Crippen LogP contribution < -0.4 is 5.32 Å². The third-order valence-corrected chi connectivity index (χ3v) is 6.50. The molecule has 9 nitrogen and oxygen atoms in total. The van der Waals surface area contributed by atoms with Crippen molar-refractivity contribution in [1.82, 2.24) is 35.0 Å².